The van der Waals surface area contributed by atoms with Gasteiger partial charge in [0.1, 0.15) is 10.0 Å². The number of aromatic nitrogens is 3. The molecule has 0 unspecified atom stereocenters. The van der Waals surface area contributed by atoms with Crippen LogP contribution in [-0.4, -0.2) is 35.4 Å². The largest absolute Gasteiger partial charge is 0.383 e. The quantitative estimate of drug-likeness (QED) is 0.750. The Balaban J connectivity index is 1.97. The van der Waals surface area contributed by atoms with Gasteiger partial charge < -0.3 is 15.0 Å². The average Bonchev–Trinajstić information content (AvgIpc) is 2.84. The van der Waals surface area contributed by atoms with Gasteiger partial charge in [0.2, 0.25) is 5.56 Å². The first-order valence-corrected chi connectivity index (χ1v) is 6.32. The topological polar surface area (TPSA) is 79.9 Å². The molecule has 2 N–H and O–H groups in total. The van der Waals surface area contributed by atoms with Crippen molar-refractivity contribution in [2.75, 3.05) is 20.3 Å². The molecule has 0 aliphatic rings. The van der Waals surface area contributed by atoms with Crippen molar-refractivity contribution in [2.24, 2.45) is 0 Å². The Hall–Kier alpha value is -1.57. The van der Waals surface area contributed by atoms with Gasteiger partial charge in [0.25, 0.3) is 0 Å². The first-order valence-electron chi connectivity index (χ1n) is 5.51. The summed E-state index contributed by atoms with van der Waals surface area (Å²) in [4.78, 5) is 13.6. The highest BCUT2D eigenvalue weighted by atomic mass is 32.1. The molecule has 0 aliphatic carbocycles. The summed E-state index contributed by atoms with van der Waals surface area (Å²) in [6, 6.07) is 3.22. The molecule has 2 heterocycles. The fourth-order valence-electron chi connectivity index (χ4n) is 1.35. The van der Waals surface area contributed by atoms with Gasteiger partial charge in [-0.25, -0.2) is 0 Å². The van der Waals surface area contributed by atoms with Crippen LogP contribution < -0.4 is 10.9 Å². The molecular formula is C11H14N4O2S. The molecule has 7 heteroatoms. The molecule has 0 saturated carbocycles. The zero-order valence-corrected chi connectivity index (χ0v) is 10.8. The van der Waals surface area contributed by atoms with Gasteiger partial charge >= 0.3 is 0 Å². The van der Waals surface area contributed by atoms with E-state index < -0.39 is 0 Å². The van der Waals surface area contributed by atoms with Crippen LogP contribution >= 0.6 is 11.3 Å². The molecule has 2 rings (SSSR count). The minimum atomic E-state index is -0.121. The van der Waals surface area contributed by atoms with Crippen molar-refractivity contribution >= 4 is 11.3 Å². The average molecular weight is 266 g/mol. The van der Waals surface area contributed by atoms with E-state index in [1.165, 1.54) is 17.4 Å². The van der Waals surface area contributed by atoms with Crippen molar-refractivity contribution in [1.29, 1.82) is 0 Å². The number of nitrogens with one attached hydrogen (secondary N) is 2. The van der Waals surface area contributed by atoms with Gasteiger partial charge in [0.15, 0.2) is 0 Å². The van der Waals surface area contributed by atoms with E-state index in [0.29, 0.717) is 13.2 Å². The number of H-pyrrole nitrogens is 1. The molecule has 0 fully saturated rings. The minimum absolute atomic E-state index is 0.121. The monoisotopic (exact) mass is 266 g/mol. The van der Waals surface area contributed by atoms with Crippen molar-refractivity contribution in [3.8, 4) is 10.6 Å². The van der Waals surface area contributed by atoms with Crippen LogP contribution in [0.3, 0.4) is 0 Å². The zero-order chi connectivity index (χ0) is 12.8. The Morgan fingerprint density at radius 1 is 1.44 bits per heavy atom. The lowest BCUT2D eigenvalue weighted by atomic mass is 10.3. The summed E-state index contributed by atoms with van der Waals surface area (Å²) in [5.74, 6) is 0. The fourth-order valence-corrected chi connectivity index (χ4v) is 2.16. The molecule has 0 atom stereocenters. The predicted molar refractivity (Wildman–Crippen MR) is 69.5 cm³/mol. The lowest BCUT2D eigenvalue weighted by Crippen LogP contribution is -2.18. The summed E-state index contributed by atoms with van der Waals surface area (Å²) >= 11 is 1.50. The van der Waals surface area contributed by atoms with E-state index in [4.69, 9.17) is 4.74 Å². The van der Waals surface area contributed by atoms with Crippen molar-refractivity contribution in [3.63, 3.8) is 0 Å². The Labute approximate surface area is 108 Å². The number of rotatable bonds is 6. The summed E-state index contributed by atoms with van der Waals surface area (Å²) < 4.78 is 4.94. The van der Waals surface area contributed by atoms with Gasteiger partial charge in [0.05, 0.1) is 6.61 Å². The highest BCUT2D eigenvalue weighted by molar-refractivity contribution is 7.14. The molecule has 2 aromatic rings. The first kappa shape index (κ1) is 12.9. The van der Waals surface area contributed by atoms with E-state index in [2.05, 4.69) is 20.5 Å². The molecule has 0 radical (unpaired) electrons. The van der Waals surface area contributed by atoms with Crippen LogP contribution in [0.2, 0.25) is 0 Å². The number of aromatic amines is 1. The maximum atomic E-state index is 11.0. The van der Waals surface area contributed by atoms with Crippen LogP contribution in [0.1, 0.15) is 5.01 Å². The minimum Gasteiger partial charge on any atom is -0.383 e. The summed E-state index contributed by atoms with van der Waals surface area (Å²) in [6.07, 6.45) is 1.64. The number of hydrogen-bond acceptors (Lipinski definition) is 6. The van der Waals surface area contributed by atoms with Crippen LogP contribution in [-0.2, 0) is 11.3 Å². The number of hydrogen-bond donors (Lipinski definition) is 2. The Morgan fingerprint density at radius 3 is 3.06 bits per heavy atom. The molecule has 0 aromatic carbocycles. The molecule has 18 heavy (non-hydrogen) atoms. The molecule has 2 aromatic heterocycles. The van der Waals surface area contributed by atoms with Gasteiger partial charge in [-0.3, -0.25) is 4.79 Å². The van der Waals surface area contributed by atoms with Crippen LogP contribution in [0.4, 0.5) is 0 Å². The molecule has 96 valence electrons. The first-order chi connectivity index (χ1) is 8.79. The third-order valence-corrected chi connectivity index (χ3v) is 3.23. The SMILES string of the molecule is COCCNCc1nnc(-c2ccc(=O)[nH]c2)s1. The van der Waals surface area contributed by atoms with E-state index in [-0.39, 0.29) is 5.56 Å². The van der Waals surface area contributed by atoms with Crippen LogP contribution in [0.15, 0.2) is 23.1 Å². The van der Waals surface area contributed by atoms with E-state index >= 15 is 0 Å². The molecule has 0 spiro atoms. The molecular weight excluding hydrogens is 252 g/mol. The summed E-state index contributed by atoms with van der Waals surface area (Å²) in [6.45, 7) is 2.13. The smallest absolute Gasteiger partial charge is 0.247 e. The van der Waals surface area contributed by atoms with Crippen LogP contribution in [0.5, 0.6) is 0 Å². The maximum absolute atomic E-state index is 11.0. The molecule has 0 aliphatic heterocycles. The summed E-state index contributed by atoms with van der Waals surface area (Å²) in [7, 11) is 1.67. The number of methoxy groups -OCH3 is 1. The Morgan fingerprint density at radius 2 is 2.33 bits per heavy atom. The Bertz CT molecular complexity index is 531. The van der Waals surface area contributed by atoms with Gasteiger partial charge in [0, 0.05) is 38.0 Å². The summed E-state index contributed by atoms with van der Waals surface area (Å²) in [5.41, 5.74) is 0.750. The van der Waals surface area contributed by atoms with Crippen molar-refractivity contribution in [3.05, 3.63) is 33.7 Å². The molecule has 6 nitrogen and oxygen atoms in total. The molecule has 0 amide bonds. The maximum Gasteiger partial charge on any atom is 0.247 e. The third kappa shape index (κ3) is 3.46. The van der Waals surface area contributed by atoms with Crippen molar-refractivity contribution < 1.29 is 4.74 Å². The molecule has 0 bridgehead atoms. The normalized spacial score (nSPS) is 10.7. The number of pyridine rings is 1. The van der Waals surface area contributed by atoms with E-state index in [1.807, 2.05) is 0 Å². The predicted octanol–water partition coefficient (Wildman–Crippen LogP) is 0.629. The second kappa shape index (κ2) is 6.39. The van der Waals surface area contributed by atoms with E-state index in [0.717, 1.165) is 22.1 Å². The van der Waals surface area contributed by atoms with Crippen molar-refractivity contribution in [2.45, 2.75) is 6.54 Å². The second-order valence-corrected chi connectivity index (χ2v) is 4.67. The number of nitrogens with zero attached hydrogens (tertiary/aromatic N) is 2. The standard InChI is InChI=1S/C11H14N4O2S/c1-17-5-4-12-7-10-14-15-11(18-10)8-2-3-9(16)13-6-8/h2-3,6,12H,4-5,7H2,1H3,(H,13,16). The highest BCUT2D eigenvalue weighted by Crippen LogP contribution is 2.21. The van der Waals surface area contributed by atoms with Gasteiger partial charge in [-0.05, 0) is 6.07 Å². The second-order valence-electron chi connectivity index (χ2n) is 3.61. The Kier molecular flexibility index (Phi) is 4.57. The van der Waals surface area contributed by atoms with Gasteiger partial charge in [-0.2, -0.15) is 0 Å². The third-order valence-electron chi connectivity index (χ3n) is 2.26. The lowest BCUT2D eigenvalue weighted by Gasteiger charge is -1.99. The fraction of sp³-hybridized carbons (Fsp3) is 0.364. The van der Waals surface area contributed by atoms with E-state index in [9.17, 15) is 4.79 Å². The van der Waals surface area contributed by atoms with Crippen molar-refractivity contribution in [1.82, 2.24) is 20.5 Å². The van der Waals surface area contributed by atoms with Crippen LogP contribution in [0.25, 0.3) is 10.6 Å². The zero-order valence-electron chi connectivity index (χ0n) is 9.97. The van der Waals surface area contributed by atoms with Gasteiger partial charge in [-0.15, -0.1) is 10.2 Å². The van der Waals surface area contributed by atoms with E-state index in [1.54, 1.807) is 19.4 Å². The van der Waals surface area contributed by atoms with Gasteiger partial charge in [-0.1, -0.05) is 11.3 Å². The lowest BCUT2D eigenvalue weighted by molar-refractivity contribution is 0.199. The van der Waals surface area contributed by atoms with Crippen LogP contribution in [0, 0.1) is 0 Å². The molecule has 0 saturated heterocycles. The highest BCUT2D eigenvalue weighted by Gasteiger charge is 2.06. The summed E-state index contributed by atoms with van der Waals surface area (Å²) in [5, 5.41) is 13.1. The number of ether oxygens (including phenoxy) is 1.